The highest BCUT2D eigenvalue weighted by Crippen LogP contribution is 2.25. The third-order valence-electron chi connectivity index (χ3n) is 3.25. The molecule has 1 aromatic heterocycles. The highest BCUT2D eigenvalue weighted by atomic mass is 19.1. The van der Waals surface area contributed by atoms with Crippen molar-refractivity contribution in [3.05, 3.63) is 36.3 Å². The highest BCUT2D eigenvalue weighted by Gasteiger charge is 2.17. The number of hydrogen-bond donors (Lipinski definition) is 2. The number of aliphatic hydroxyl groups is 1. The van der Waals surface area contributed by atoms with Crippen molar-refractivity contribution in [1.29, 1.82) is 0 Å². The number of benzene rings is 1. The molecule has 0 bridgehead atoms. The van der Waals surface area contributed by atoms with E-state index in [1.165, 1.54) is 12.1 Å². The van der Waals surface area contributed by atoms with Gasteiger partial charge in [-0.25, -0.2) is 4.39 Å². The first-order chi connectivity index (χ1) is 9.02. The number of aromatic nitrogens is 1. The van der Waals surface area contributed by atoms with Gasteiger partial charge < -0.3 is 10.4 Å². The van der Waals surface area contributed by atoms with Crippen molar-refractivity contribution in [2.45, 2.75) is 20.3 Å². The van der Waals surface area contributed by atoms with Gasteiger partial charge >= 0.3 is 0 Å². The van der Waals surface area contributed by atoms with Gasteiger partial charge in [0.05, 0.1) is 5.52 Å². The van der Waals surface area contributed by atoms with E-state index in [9.17, 15) is 4.39 Å². The maximum absolute atomic E-state index is 13.2. The molecule has 0 aliphatic carbocycles. The summed E-state index contributed by atoms with van der Waals surface area (Å²) < 4.78 is 13.2. The van der Waals surface area contributed by atoms with E-state index >= 15 is 0 Å². The van der Waals surface area contributed by atoms with Gasteiger partial charge in [-0.2, -0.15) is 0 Å². The van der Waals surface area contributed by atoms with Gasteiger partial charge in [-0.05, 0) is 30.0 Å². The van der Waals surface area contributed by atoms with Crippen LogP contribution in [0.25, 0.3) is 10.9 Å². The number of anilines is 1. The number of hydrogen-bond acceptors (Lipinski definition) is 3. The van der Waals surface area contributed by atoms with Crippen molar-refractivity contribution < 1.29 is 9.50 Å². The molecule has 0 spiro atoms. The molecule has 0 saturated heterocycles. The molecule has 19 heavy (non-hydrogen) atoms. The Bertz CT molecular complexity index is 569. The van der Waals surface area contributed by atoms with Crippen molar-refractivity contribution >= 4 is 16.6 Å². The third-order valence-corrected chi connectivity index (χ3v) is 3.25. The van der Waals surface area contributed by atoms with Gasteiger partial charge in [0, 0.05) is 36.5 Å². The summed E-state index contributed by atoms with van der Waals surface area (Å²) in [5, 5.41) is 13.3. The van der Waals surface area contributed by atoms with E-state index in [0.29, 0.717) is 5.52 Å². The van der Waals surface area contributed by atoms with Crippen LogP contribution >= 0.6 is 0 Å². The summed E-state index contributed by atoms with van der Waals surface area (Å²) in [4.78, 5) is 4.16. The quantitative estimate of drug-likeness (QED) is 0.869. The lowest BCUT2D eigenvalue weighted by molar-refractivity contribution is 0.220. The minimum Gasteiger partial charge on any atom is -0.396 e. The van der Waals surface area contributed by atoms with Crippen molar-refractivity contribution in [3.8, 4) is 0 Å². The Kier molecular flexibility index (Phi) is 4.00. The van der Waals surface area contributed by atoms with Gasteiger partial charge in [0.15, 0.2) is 0 Å². The summed E-state index contributed by atoms with van der Waals surface area (Å²) in [5.74, 6) is -0.280. The zero-order valence-corrected chi connectivity index (χ0v) is 11.3. The van der Waals surface area contributed by atoms with E-state index in [2.05, 4.69) is 24.1 Å². The first-order valence-electron chi connectivity index (χ1n) is 6.41. The van der Waals surface area contributed by atoms with E-state index in [-0.39, 0.29) is 17.8 Å². The minimum atomic E-state index is -0.280. The van der Waals surface area contributed by atoms with Crippen LogP contribution in [-0.4, -0.2) is 23.2 Å². The predicted molar refractivity (Wildman–Crippen MR) is 75.7 cm³/mol. The molecule has 3 nitrogen and oxygen atoms in total. The molecule has 2 aromatic rings. The van der Waals surface area contributed by atoms with Crippen LogP contribution in [0, 0.1) is 11.2 Å². The molecule has 1 heterocycles. The summed E-state index contributed by atoms with van der Waals surface area (Å²) in [6, 6.07) is 6.49. The van der Waals surface area contributed by atoms with E-state index in [4.69, 9.17) is 5.11 Å². The third kappa shape index (κ3) is 3.41. The molecular formula is C15H19FN2O. The van der Waals surface area contributed by atoms with Crippen molar-refractivity contribution in [2.75, 3.05) is 18.5 Å². The monoisotopic (exact) mass is 262 g/mol. The molecule has 0 radical (unpaired) electrons. The zero-order chi connectivity index (χ0) is 13.9. The second kappa shape index (κ2) is 5.53. The van der Waals surface area contributed by atoms with Crippen LogP contribution < -0.4 is 5.32 Å². The number of nitrogens with zero attached hydrogens (tertiary/aromatic N) is 1. The smallest absolute Gasteiger partial charge is 0.125 e. The Morgan fingerprint density at radius 3 is 2.84 bits per heavy atom. The largest absolute Gasteiger partial charge is 0.396 e. The molecule has 2 rings (SSSR count). The first-order valence-corrected chi connectivity index (χ1v) is 6.41. The van der Waals surface area contributed by atoms with Crippen LogP contribution in [0.15, 0.2) is 30.5 Å². The molecule has 1 aromatic carbocycles. The fraction of sp³-hybridized carbons (Fsp3) is 0.400. The molecule has 0 saturated carbocycles. The summed E-state index contributed by atoms with van der Waals surface area (Å²) in [6.45, 7) is 5.11. The molecule has 0 fully saturated rings. The average Bonchev–Trinajstić information content (AvgIpc) is 2.36. The Morgan fingerprint density at radius 1 is 1.32 bits per heavy atom. The maximum Gasteiger partial charge on any atom is 0.125 e. The van der Waals surface area contributed by atoms with E-state index < -0.39 is 0 Å². The van der Waals surface area contributed by atoms with Crippen LogP contribution in [0.1, 0.15) is 20.3 Å². The molecule has 4 heteroatoms. The number of rotatable bonds is 5. The molecule has 2 N–H and O–H groups in total. The lowest BCUT2D eigenvalue weighted by Gasteiger charge is -2.24. The van der Waals surface area contributed by atoms with Gasteiger partial charge in [-0.15, -0.1) is 0 Å². The molecule has 0 unspecified atom stereocenters. The van der Waals surface area contributed by atoms with Gasteiger partial charge in [-0.1, -0.05) is 13.8 Å². The van der Waals surface area contributed by atoms with Gasteiger partial charge in [0.1, 0.15) is 5.82 Å². The second-order valence-electron chi connectivity index (χ2n) is 5.51. The summed E-state index contributed by atoms with van der Waals surface area (Å²) >= 11 is 0. The Hall–Kier alpha value is -1.68. The average molecular weight is 262 g/mol. The second-order valence-corrected chi connectivity index (χ2v) is 5.51. The first kappa shape index (κ1) is 13.7. The highest BCUT2D eigenvalue weighted by molar-refractivity contribution is 5.90. The lowest BCUT2D eigenvalue weighted by atomic mass is 9.89. The minimum absolute atomic E-state index is 0.00434. The van der Waals surface area contributed by atoms with Crippen molar-refractivity contribution in [2.24, 2.45) is 5.41 Å². The zero-order valence-electron chi connectivity index (χ0n) is 11.3. The summed E-state index contributed by atoms with van der Waals surface area (Å²) in [6.07, 6.45) is 2.40. The molecule has 0 atom stereocenters. The molecule has 0 amide bonds. The molecule has 102 valence electrons. The Balaban J connectivity index is 2.21. The van der Waals surface area contributed by atoms with Crippen LogP contribution in [0.2, 0.25) is 0 Å². The van der Waals surface area contributed by atoms with E-state index in [0.717, 1.165) is 24.0 Å². The van der Waals surface area contributed by atoms with E-state index in [1.54, 1.807) is 12.3 Å². The number of nitrogens with one attached hydrogen (secondary N) is 1. The number of aliphatic hydroxyl groups excluding tert-OH is 1. The van der Waals surface area contributed by atoms with Crippen LogP contribution in [0.3, 0.4) is 0 Å². The summed E-state index contributed by atoms with van der Waals surface area (Å²) in [5.41, 5.74) is 1.59. The standard InChI is InChI=1S/C15H19FN2O/c1-15(2,6-8-19)10-18-13-5-7-17-14-9-11(16)3-4-12(13)14/h3-5,7,9,19H,6,8,10H2,1-2H3,(H,17,18). The van der Waals surface area contributed by atoms with Crippen LogP contribution in [-0.2, 0) is 0 Å². The number of halogens is 1. The van der Waals surface area contributed by atoms with Gasteiger partial charge in [0.2, 0.25) is 0 Å². The molecular weight excluding hydrogens is 243 g/mol. The van der Waals surface area contributed by atoms with Crippen molar-refractivity contribution in [1.82, 2.24) is 4.98 Å². The normalized spacial score (nSPS) is 11.8. The topological polar surface area (TPSA) is 45.1 Å². The SMILES string of the molecule is CC(C)(CCO)CNc1ccnc2cc(F)ccc12. The Morgan fingerprint density at radius 2 is 2.11 bits per heavy atom. The lowest BCUT2D eigenvalue weighted by Crippen LogP contribution is -2.24. The molecule has 0 aliphatic rings. The number of fused-ring (bicyclic) bond motifs is 1. The summed E-state index contributed by atoms with van der Waals surface area (Å²) in [7, 11) is 0. The molecule has 0 aliphatic heterocycles. The van der Waals surface area contributed by atoms with E-state index in [1.807, 2.05) is 6.07 Å². The fourth-order valence-electron chi connectivity index (χ4n) is 2.00. The van der Waals surface area contributed by atoms with Crippen LogP contribution in [0.4, 0.5) is 10.1 Å². The fourth-order valence-corrected chi connectivity index (χ4v) is 2.00. The van der Waals surface area contributed by atoms with Crippen molar-refractivity contribution in [3.63, 3.8) is 0 Å². The van der Waals surface area contributed by atoms with Gasteiger partial charge in [0.25, 0.3) is 0 Å². The maximum atomic E-state index is 13.2. The van der Waals surface area contributed by atoms with Crippen LogP contribution in [0.5, 0.6) is 0 Å². The predicted octanol–water partition coefficient (Wildman–Crippen LogP) is 3.19. The van der Waals surface area contributed by atoms with Gasteiger partial charge in [-0.3, -0.25) is 4.98 Å². The Labute approximate surface area is 112 Å². The number of pyridine rings is 1.